The molecule has 1 amide bonds. The Morgan fingerprint density at radius 3 is 2.54 bits per heavy atom. The van der Waals surface area contributed by atoms with Gasteiger partial charge in [0, 0.05) is 19.1 Å². The van der Waals surface area contributed by atoms with Crippen LogP contribution in [0.15, 0.2) is 52.2 Å². The van der Waals surface area contributed by atoms with Crippen molar-refractivity contribution in [3.63, 3.8) is 0 Å². The van der Waals surface area contributed by atoms with Crippen LogP contribution >= 0.6 is 0 Å². The molecule has 1 aliphatic heterocycles. The summed E-state index contributed by atoms with van der Waals surface area (Å²) < 4.78 is 45.7. The fraction of sp³-hybridized carbons (Fsp3) is 0.312. The lowest BCUT2D eigenvalue weighted by molar-refractivity contribution is 0.0710. The Morgan fingerprint density at radius 2 is 1.92 bits per heavy atom. The van der Waals surface area contributed by atoms with E-state index in [0.717, 1.165) is 6.07 Å². The Bertz CT molecular complexity index is 812. The maximum absolute atomic E-state index is 13.7. The second-order valence-corrected chi connectivity index (χ2v) is 7.31. The normalized spacial score (nSPS) is 16.3. The molecule has 1 aromatic carbocycles. The van der Waals surface area contributed by atoms with Crippen LogP contribution in [-0.2, 0) is 10.0 Å². The standard InChI is InChI=1S/C16H17FN2O4S/c17-14-3-1-2-4-15(14)24(21,22)18-13-5-8-19(9-6-13)16(20)12-7-10-23-11-12/h1-4,7,10-11,13,18H,5-6,8-9H2. The number of benzene rings is 1. The quantitative estimate of drug-likeness (QED) is 0.913. The SMILES string of the molecule is O=C(c1ccoc1)N1CCC(NS(=O)(=O)c2ccccc2F)CC1. The summed E-state index contributed by atoms with van der Waals surface area (Å²) >= 11 is 0. The number of amides is 1. The Morgan fingerprint density at radius 1 is 1.21 bits per heavy atom. The third-order valence-electron chi connectivity index (χ3n) is 4.00. The van der Waals surface area contributed by atoms with Gasteiger partial charge in [0.05, 0.1) is 11.8 Å². The number of halogens is 1. The van der Waals surface area contributed by atoms with Crippen molar-refractivity contribution >= 4 is 15.9 Å². The monoisotopic (exact) mass is 352 g/mol. The number of rotatable bonds is 4. The van der Waals surface area contributed by atoms with Gasteiger partial charge in [0.2, 0.25) is 10.0 Å². The van der Waals surface area contributed by atoms with E-state index in [1.54, 1.807) is 11.0 Å². The summed E-state index contributed by atoms with van der Waals surface area (Å²) in [7, 11) is -3.91. The first-order chi connectivity index (χ1) is 11.5. The average molecular weight is 352 g/mol. The van der Waals surface area contributed by atoms with Gasteiger partial charge >= 0.3 is 0 Å². The number of sulfonamides is 1. The van der Waals surface area contributed by atoms with E-state index in [0.29, 0.717) is 31.5 Å². The summed E-state index contributed by atoms with van der Waals surface area (Å²) in [6.45, 7) is 0.850. The van der Waals surface area contributed by atoms with Crippen LogP contribution < -0.4 is 4.72 Å². The molecule has 128 valence electrons. The number of carbonyl (C=O) groups is 1. The zero-order valence-electron chi connectivity index (χ0n) is 12.8. The van der Waals surface area contributed by atoms with Crippen LogP contribution in [-0.4, -0.2) is 38.4 Å². The van der Waals surface area contributed by atoms with Crippen LogP contribution in [0, 0.1) is 5.82 Å². The Hall–Kier alpha value is -2.19. The second kappa shape index (κ2) is 6.74. The average Bonchev–Trinajstić information content (AvgIpc) is 3.09. The summed E-state index contributed by atoms with van der Waals surface area (Å²) in [5, 5.41) is 0. The zero-order valence-corrected chi connectivity index (χ0v) is 13.6. The number of furan rings is 1. The lowest BCUT2D eigenvalue weighted by Gasteiger charge is -2.32. The van der Waals surface area contributed by atoms with E-state index in [2.05, 4.69) is 4.72 Å². The Labute approximate surface area is 139 Å². The fourth-order valence-corrected chi connectivity index (χ4v) is 4.10. The molecule has 0 bridgehead atoms. The molecule has 2 aromatic rings. The number of likely N-dealkylation sites (tertiary alicyclic amines) is 1. The van der Waals surface area contributed by atoms with Gasteiger partial charge in [-0.1, -0.05) is 12.1 Å². The van der Waals surface area contributed by atoms with Gasteiger partial charge in [-0.3, -0.25) is 4.79 Å². The molecular weight excluding hydrogens is 335 g/mol. The highest BCUT2D eigenvalue weighted by molar-refractivity contribution is 7.89. The predicted molar refractivity (Wildman–Crippen MR) is 84.4 cm³/mol. The topological polar surface area (TPSA) is 79.6 Å². The maximum Gasteiger partial charge on any atom is 0.257 e. The van der Waals surface area contributed by atoms with Crippen molar-refractivity contribution in [3.8, 4) is 0 Å². The minimum atomic E-state index is -3.91. The summed E-state index contributed by atoms with van der Waals surface area (Å²) in [4.78, 5) is 13.5. The van der Waals surface area contributed by atoms with Crippen LogP contribution in [0.2, 0.25) is 0 Å². The van der Waals surface area contributed by atoms with E-state index < -0.39 is 15.8 Å². The molecule has 3 rings (SSSR count). The molecule has 0 atom stereocenters. The number of piperidine rings is 1. The molecular formula is C16H17FN2O4S. The number of carbonyl (C=O) groups excluding carboxylic acids is 1. The van der Waals surface area contributed by atoms with Gasteiger partial charge in [0.1, 0.15) is 17.0 Å². The van der Waals surface area contributed by atoms with E-state index in [1.165, 1.54) is 30.7 Å². The highest BCUT2D eigenvalue weighted by Crippen LogP contribution is 2.18. The van der Waals surface area contributed by atoms with Gasteiger partial charge in [-0.25, -0.2) is 17.5 Å². The van der Waals surface area contributed by atoms with Crippen LogP contribution in [0.25, 0.3) is 0 Å². The smallest absolute Gasteiger partial charge is 0.257 e. The van der Waals surface area contributed by atoms with Gasteiger partial charge in [-0.05, 0) is 31.0 Å². The molecule has 1 saturated heterocycles. The number of nitrogens with zero attached hydrogens (tertiary/aromatic N) is 1. The van der Waals surface area contributed by atoms with Crippen molar-refractivity contribution in [1.29, 1.82) is 0 Å². The molecule has 0 aliphatic carbocycles. The van der Waals surface area contributed by atoms with Crippen molar-refractivity contribution in [1.82, 2.24) is 9.62 Å². The second-order valence-electron chi connectivity index (χ2n) is 5.63. The van der Waals surface area contributed by atoms with Gasteiger partial charge in [-0.15, -0.1) is 0 Å². The lowest BCUT2D eigenvalue weighted by Crippen LogP contribution is -2.46. The van der Waals surface area contributed by atoms with Crippen molar-refractivity contribution in [2.24, 2.45) is 0 Å². The van der Waals surface area contributed by atoms with Gasteiger partial charge < -0.3 is 9.32 Å². The number of nitrogens with one attached hydrogen (secondary N) is 1. The first-order valence-electron chi connectivity index (χ1n) is 7.56. The molecule has 0 spiro atoms. The van der Waals surface area contributed by atoms with Gasteiger partial charge in [0.15, 0.2) is 0 Å². The van der Waals surface area contributed by atoms with E-state index in [-0.39, 0.29) is 16.8 Å². The number of hydrogen-bond donors (Lipinski definition) is 1. The summed E-state index contributed by atoms with van der Waals surface area (Å²) in [6, 6.07) is 6.52. The molecule has 1 N–H and O–H groups in total. The predicted octanol–water partition coefficient (Wildman–Crippen LogP) is 2.00. The Balaban J connectivity index is 1.61. The third kappa shape index (κ3) is 3.49. The van der Waals surface area contributed by atoms with Crippen molar-refractivity contribution in [2.75, 3.05) is 13.1 Å². The summed E-state index contributed by atoms with van der Waals surface area (Å²) in [5.41, 5.74) is 0.473. The zero-order chi connectivity index (χ0) is 17.2. The van der Waals surface area contributed by atoms with E-state index >= 15 is 0 Å². The minimum absolute atomic E-state index is 0.140. The molecule has 1 aromatic heterocycles. The summed E-state index contributed by atoms with van der Waals surface area (Å²) in [5.74, 6) is -0.920. The molecule has 6 nitrogen and oxygen atoms in total. The van der Waals surface area contributed by atoms with Crippen molar-refractivity contribution < 1.29 is 22.0 Å². The minimum Gasteiger partial charge on any atom is -0.472 e. The van der Waals surface area contributed by atoms with Gasteiger partial charge in [-0.2, -0.15) is 0 Å². The van der Waals surface area contributed by atoms with Crippen LogP contribution in [0.5, 0.6) is 0 Å². The summed E-state index contributed by atoms with van der Waals surface area (Å²) in [6.07, 6.45) is 3.76. The third-order valence-corrected chi connectivity index (χ3v) is 5.55. The highest BCUT2D eigenvalue weighted by atomic mass is 32.2. The van der Waals surface area contributed by atoms with Crippen LogP contribution in [0.4, 0.5) is 4.39 Å². The molecule has 24 heavy (non-hydrogen) atoms. The largest absolute Gasteiger partial charge is 0.472 e. The molecule has 1 fully saturated rings. The molecule has 2 heterocycles. The van der Waals surface area contributed by atoms with Crippen molar-refractivity contribution in [2.45, 2.75) is 23.8 Å². The molecule has 0 saturated carbocycles. The Kier molecular flexibility index (Phi) is 4.68. The molecule has 8 heteroatoms. The number of hydrogen-bond acceptors (Lipinski definition) is 4. The van der Waals surface area contributed by atoms with Crippen LogP contribution in [0.1, 0.15) is 23.2 Å². The first-order valence-corrected chi connectivity index (χ1v) is 9.04. The van der Waals surface area contributed by atoms with E-state index in [1.807, 2.05) is 0 Å². The van der Waals surface area contributed by atoms with E-state index in [4.69, 9.17) is 4.42 Å². The lowest BCUT2D eigenvalue weighted by atomic mass is 10.1. The molecule has 0 radical (unpaired) electrons. The maximum atomic E-state index is 13.7. The highest BCUT2D eigenvalue weighted by Gasteiger charge is 2.28. The van der Waals surface area contributed by atoms with Crippen molar-refractivity contribution in [3.05, 3.63) is 54.2 Å². The van der Waals surface area contributed by atoms with Gasteiger partial charge in [0.25, 0.3) is 5.91 Å². The first kappa shape index (κ1) is 16.7. The van der Waals surface area contributed by atoms with E-state index in [9.17, 15) is 17.6 Å². The molecule has 0 unspecified atom stereocenters. The van der Waals surface area contributed by atoms with Crippen LogP contribution in [0.3, 0.4) is 0 Å². The fourth-order valence-electron chi connectivity index (χ4n) is 2.71. The molecule has 1 aliphatic rings.